The van der Waals surface area contributed by atoms with Gasteiger partial charge in [0.05, 0.1) is 0 Å². The molecule has 0 amide bonds. The normalized spacial score (nSPS) is 17.3. The van der Waals surface area contributed by atoms with E-state index in [-0.39, 0.29) is 0 Å². The van der Waals surface area contributed by atoms with Gasteiger partial charge in [-0.1, -0.05) is 12.2 Å². The minimum absolute atomic E-state index is 0.313. The van der Waals surface area contributed by atoms with Gasteiger partial charge in [-0.25, -0.2) is 0 Å². The van der Waals surface area contributed by atoms with Gasteiger partial charge < -0.3 is 15.7 Å². The van der Waals surface area contributed by atoms with E-state index in [0.29, 0.717) is 19.0 Å². The second-order valence-corrected chi connectivity index (χ2v) is 2.19. The van der Waals surface area contributed by atoms with Crippen molar-refractivity contribution in [1.29, 1.82) is 0 Å². The van der Waals surface area contributed by atoms with Crippen molar-refractivity contribution in [2.24, 2.45) is 5.73 Å². The van der Waals surface area contributed by atoms with Gasteiger partial charge in [0.2, 0.25) is 0 Å². The molecule has 0 saturated heterocycles. The SMILES string of the molecule is NCCN1CC=CC=C1O. The number of hydrogen-bond acceptors (Lipinski definition) is 3. The van der Waals surface area contributed by atoms with E-state index < -0.39 is 0 Å². The molecule has 3 nitrogen and oxygen atoms in total. The molecular formula is C7H12N2O. The molecule has 1 aliphatic heterocycles. The monoisotopic (exact) mass is 140 g/mol. The summed E-state index contributed by atoms with van der Waals surface area (Å²) in [6.45, 7) is 2.05. The molecule has 0 aliphatic carbocycles. The lowest BCUT2D eigenvalue weighted by molar-refractivity contribution is 0.217. The van der Waals surface area contributed by atoms with Gasteiger partial charge in [-0.3, -0.25) is 0 Å². The van der Waals surface area contributed by atoms with Crippen molar-refractivity contribution in [1.82, 2.24) is 4.90 Å². The van der Waals surface area contributed by atoms with Crippen LogP contribution < -0.4 is 5.73 Å². The van der Waals surface area contributed by atoms with Gasteiger partial charge in [0, 0.05) is 19.6 Å². The highest BCUT2D eigenvalue weighted by molar-refractivity contribution is 5.12. The first kappa shape index (κ1) is 7.15. The standard InChI is InChI=1S/C7H12N2O/c8-4-6-9-5-2-1-3-7(9)10/h1-3,10H,4-6,8H2. The molecule has 3 N–H and O–H groups in total. The summed E-state index contributed by atoms with van der Waals surface area (Å²) in [6.07, 6.45) is 5.48. The van der Waals surface area contributed by atoms with Crippen LogP contribution in [0.5, 0.6) is 0 Å². The van der Waals surface area contributed by atoms with Crippen LogP contribution in [-0.2, 0) is 0 Å². The van der Waals surface area contributed by atoms with Gasteiger partial charge in [0.15, 0.2) is 5.88 Å². The molecule has 1 aliphatic rings. The van der Waals surface area contributed by atoms with E-state index in [0.717, 1.165) is 6.54 Å². The van der Waals surface area contributed by atoms with Gasteiger partial charge in [0.25, 0.3) is 0 Å². The van der Waals surface area contributed by atoms with Gasteiger partial charge in [-0.05, 0) is 6.08 Å². The predicted molar refractivity (Wildman–Crippen MR) is 40.5 cm³/mol. The van der Waals surface area contributed by atoms with Crippen molar-refractivity contribution in [3.63, 3.8) is 0 Å². The van der Waals surface area contributed by atoms with Crippen LogP contribution in [0, 0.1) is 0 Å². The Kier molecular flexibility index (Phi) is 2.34. The molecule has 0 saturated carbocycles. The molecule has 0 aromatic rings. The van der Waals surface area contributed by atoms with E-state index in [4.69, 9.17) is 5.73 Å². The molecule has 0 fully saturated rings. The summed E-state index contributed by atoms with van der Waals surface area (Å²) in [5, 5.41) is 9.18. The fourth-order valence-corrected chi connectivity index (χ4v) is 0.903. The smallest absolute Gasteiger partial charge is 0.187 e. The lowest BCUT2D eigenvalue weighted by Gasteiger charge is -2.22. The molecule has 1 heterocycles. The molecule has 1 rings (SSSR count). The van der Waals surface area contributed by atoms with Crippen LogP contribution in [0.25, 0.3) is 0 Å². The topological polar surface area (TPSA) is 49.5 Å². The van der Waals surface area contributed by atoms with E-state index in [1.54, 1.807) is 6.08 Å². The van der Waals surface area contributed by atoms with Crippen LogP contribution in [0.15, 0.2) is 24.1 Å². The molecule has 0 spiro atoms. The van der Waals surface area contributed by atoms with E-state index in [1.807, 2.05) is 17.1 Å². The van der Waals surface area contributed by atoms with E-state index >= 15 is 0 Å². The molecule has 0 atom stereocenters. The first-order chi connectivity index (χ1) is 4.84. The summed E-state index contributed by atoms with van der Waals surface area (Å²) >= 11 is 0. The third kappa shape index (κ3) is 1.51. The van der Waals surface area contributed by atoms with Gasteiger partial charge in [-0.2, -0.15) is 0 Å². The van der Waals surface area contributed by atoms with Crippen molar-refractivity contribution in [3.8, 4) is 0 Å². The molecule has 56 valence electrons. The number of nitrogens with two attached hydrogens (primary N) is 1. The zero-order valence-corrected chi connectivity index (χ0v) is 5.83. The summed E-state index contributed by atoms with van der Waals surface area (Å²) in [5.74, 6) is 0.313. The summed E-state index contributed by atoms with van der Waals surface area (Å²) < 4.78 is 0. The molecule has 10 heavy (non-hydrogen) atoms. The first-order valence-electron chi connectivity index (χ1n) is 3.35. The molecule has 0 radical (unpaired) electrons. The Bertz CT molecular complexity index is 163. The van der Waals surface area contributed by atoms with Crippen molar-refractivity contribution in [2.75, 3.05) is 19.6 Å². The Morgan fingerprint density at radius 1 is 1.70 bits per heavy atom. The Balaban J connectivity index is 2.47. The molecule has 3 heteroatoms. The minimum Gasteiger partial charge on any atom is -0.495 e. The average Bonchev–Trinajstić information content (AvgIpc) is 1.94. The lowest BCUT2D eigenvalue weighted by atomic mass is 10.3. The fraction of sp³-hybridized carbons (Fsp3) is 0.429. The predicted octanol–water partition coefficient (Wildman–Crippen LogP) is 0.216. The molecular weight excluding hydrogens is 128 g/mol. The number of aliphatic hydroxyl groups excluding tert-OH is 1. The van der Waals surface area contributed by atoms with Crippen molar-refractivity contribution in [2.45, 2.75) is 0 Å². The Labute approximate surface area is 60.4 Å². The largest absolute Gasteiger partial charge is 0.495 e. The Hall–Kier alpha value is -0.960. The van der Waals surface area contributed by atoms with E-state index in [1.165, 1.54) is 0 Å². The third-order valence-electron chi connectivity index (χ3n) is 1.43. The molecule has 0 unspecified atom stereocenters. The Morgan fingerprint density at radius 2 is 2.50 bits per heavy atom. The maximum atomic E-state index is 9.18. The van der Waals surface area contributed by atoms with Crippen LogP contribution in [0.4, 0.5) is 0 Å². The lowest BCUT2D eigenvalue weighted by Crippen LogP contribution is -2.30. The zero-order chi connectivity index (χ0) is 7.40. The van der Waals surface area contributed by atoms with Crippen LogP contribution >= 0.6 is 0 Å². The van der Waals surface area contributed by atoms with Crippen molar-refractivity contribution in [3.05, 3.63) is 24.1 Å². The molecule has 0 bridgehead atoms. The fourth-order valence-electron chi connectivity index (χ4n) is 0.903. The van der Waals surface area contributed by atoms with Gasteiger partial charge in [-0.15, -0.1) is 0 Å². The first-order valence-corrected chi connectivity index (χ1v) is 3.35. The maximum absolute atomic E-state index is 9.18. The number of rotatable bonds is 2. The van der Waals surface area contributed by atoms with Crippen LogP contribution in [0.3, 0.4) is 0 Å². The second-order valence-electron chi connectivity index (χ2n) is 2.19. The highest BCUT2D eigenvalue weighted by Gasteiger charge is 2.05. The van der Waals surface area contributed by atoms with Crippen molar-refractivity contribution >= 4 is 0 Å². The van der Waals surface area contributed by atoms with Gasteiger partial charge >= 0.3 is 0 Å². The van der Waals surface area contributed by atoms with Crippen LogP contribution in [-0.4, -0.2) is 29.6 Å². The summed E-state index contributed by atoms with van der Waals surface area (Å²) in [4.78, 5) is 1.82. The summed E-state index contributed by atoms with van der Waals surface area (Å²) in [7, 11) is 0. The molecule has 0 aromatic carbocycles. The summed E-state index contributed by atoms with van der Waals surface area (Å²) in [6, 6.07) is 0. The second kappa shape index (κ2) is 3.27. The minimum atomic E-state index is 0.313. The van der Waals surface area contributed by atoms with Crippen LogP contribution in [0.1, 0.15) is 0 Å². The van der Waals surface area contributed by atoms with E-state index in [2.05, 4.69) is 0 Å². The maximum Gasteiger partial charge on any atom is 0.187 e. The summed E-state index contributed by atoms with van der Waals surface area (Å²) in [5.41, 5.74) is 5.32. The quantitative estimate of drug-likeness (QED) is 0.576. The van der Waals surface area contributed by atoms with Crippen molar-refractivity contribution < 1.29 is 5.11 Å². The number of allylic oxidation sites excluding steroid dienone is 2. The average molecular weight is 140 g/mol. The number of hydrogen-bond donors (Lipinski definition) is 2. The number of nitrogens with zero attached hydrogens (tertiary/aromatic N) is 1. The van der Waals surface area contributed by atoms with E-state index in [9.17, 15) is 5.11 Å². The highest BCUT2D eigenvalue weighted by Crippen LogP contribution is 2.04. The van der Waals surface area contributed by atoms with Crippen LogP contribution in [0.2, 0.25) is 0 Å². The Morgan fingerprint density at radius 3 is 3.10 bits per heavy atom. The highest BCUT2D eigenvalue weighted by atomic mass is 16.3. The number of aliphatic hydroxyl groups is 1. The zero-order valence-electron chi connectivity index (χ0n) is 5.83. The van der Waals surface area contributed by atoms with Gasteiger partial charge in [0.1, 0.15) is 0 Å². The third-order valence-corrected chi connectivity index (χ3v) is 1.43. The molecule has 0 aromatic heterocycles.